The summed E-state index contributed by atoms with van der Waals surface area (Å²) < 4.78 is 5.64. The van der Waals surface area contributed by atoms with Crippen molar-refractivity contribution >= 4 is 6.08 Å². The zero-order valence-electron chi connectivity index (χ0n) is 11.0. The molecule has 0 saturated carbocycles. The molecule has 0 bridgehead atoms. The van der Waals surface area contributed by atoms with E-state index in [0.717, 1.165) is 12.2 Å². The van der Waals surface area contributed by atoms with Crippen LogP contribution in [-0.4, -0.2) is 13.2 Å². The van der Waals surface area contributed by atoms with Gasteiger partial charge in [-0.1, -0.05) is 48.5 Å². The maximum absolute atomic E-state index is 5.64. The van der Waals surface area contributed by atoms with Crippen LogP contribution < -0.4 is 10.5 Å². The summed E-state index contributed by atoms with van der Waals surface area (Å²) in [5.74, 6) is 0.887. The molecule has 0 heterocycles. The van der Waals surface area contributed by atoms with E-state index < -0.39 is 0 Å². The van der Waals surface area contributed by atoms with Gasteiger partial charge in [-0.2, -0.15) is 0 Å². The van der Waals surface area contributed by atoms with Crippen molar-refractivity contribution in [2.24, 2.45) is 5.73 Å². The number of benzene rings is 2. The van der Waals surface area contributed by atoms with Gasteiger partial charge in [0, 0.05) is 0 Å². The van der Waals surface area contributed by atoms with Crippen LogP contribution in [0.5, 0.6) is 5.75 Å². The van der Waals surface area contributed by atoms with Crippen molar-refractivity contribution in [3.8, 4) is 5.75 Å². The Morgan fingerprint density at radius 3 is 2.37 bits per heavy atom. The van der Waals surface area contributed by atoms with E-state index in [1.165, 1.54) is 11.1 Å². The highest BCUT2D eigenvalue weighted by Gasteiger charge is 1.93. The molecule has 2 N–H and O–H groups in total. The van der Waals surface area contributed by atoms with Crippen molar-refractivity contribution in [1.82, 2.24) is 0 Å². The minimum atomic E-state index is 0.575. The molecular formula is C17H19NO. The highest BCUT2D eigenvalue weighted by Crippen LogP contribution is 2.12. The second-order valence-corrected chi connectivity index (χ2v) is 4.31. The molecule has 0 aromatic heterocycles. The molecule has 0 aliphatic rings. The molecule has 0 fully saturated rings. The average molecular weight is 253 g/mol. The Bertz CT molecular complexity index is 503. The van der Waals surface area contributed by atoms with E-state index in [9.17, 15) is 0 Å². The van der Waals surface area contributed by atoms with Gasteiger partial charge in [-0.3, -0.25) is 0 Å². The van der Waals surface area contributed by atoms with Gasteiger partial charge in [0.15, 0.2) is 0 Å². The Morgan fingerprint density at radius 1 is 0.947 bits per heavy atom. The van der Waals surface area contributed by atoms with Gasteiger partial charge in [-0.25, -0.2) is 0 Å². The van der Waals surface area contributed by atoms with Crippen LogP contribution >= 0.6 is 0 Å². The quantitative estimate of drug-likeness (QED) is 0.857. The molecule has 0 unspecified atom stereocenters. The van der Waals surface area contributed by atoms with Crippen molar-refractivity contribution in [3.63, 3.8) is 0 Å². The molecule has 2 nitrogen and oxygen atoms in total. The molecule has 0 aliphatic carbocycles. The third kappa shape index (κ3) is 4.60. The van der Waals surface area contributed by atoms with Crippen LogP contribution in [0.15, 0.2) is 60.7 Å². The van der Waals surface area contributed by atoms with E-state index >= 15 is 0 Å². The summed E-state index contributed by atoms with van der Waals surface area (Å²) in [6, 6.07) is 18.3. The standard InChI is InChI=1S/C17H19NO/c18-13-12-16-8-10-17(11-9-16)19-14-4-7-15-5-2-1-3-6-15/h1-11H,12-14,18H2/b7-4+. The number of rotatable bonds is 6. The molecule has 98 valence electrons. The lowest BCUT2D eigenvalue weighted by Gasteiger charge is -2.04. The van der Waals surface area contributed by atoms with Gasteiger partial charge in [-0.05, 0) is 42.3 Å². The number of ether oxygens (including phenoxy) is 1. The SMILES string of the molecule is NCCc1ccc(OC/C=C/c2ccccc2)cc1. The monoisotopic (exact) mass is 253 g/mol. The van der Waals surface area contributed by atoms with E-state index in [4.69, 9.17) is 10.5 Å². The van der Waals surface area contributed by atoms with Crippen molar-refractivity contribution in [3.05, 3.63) is 71.8 Å². The summed E-state index contributed by atoms with van der Waals surface area (Å²) in [5.41, 5.74) is 7.94. The molecule has 0 atom stereocenters. The Hall–Kier alpha value is -2.06. The highest BCUT2D eigenvalue weighted by atomic mass is 16.5. The zero-order chi connectivity index (χ0) is 13.3. The molecular weight excluding hydrogens is 234 g/mol. The minimum absolute atomic E-state index is 0.575. The first kappa shape index (κ1) is 13.4. The number of hydrogen-bond acceptors (Lipinski definition) is 2. The van der Waals surface area contributed by atoms with Crippen molar-refractivity contribution < 1.29 is 4.74 Å². The van der Waals surface area contributed by atoms with Crippen LogP contribution in [0, 0.1) is 0 Å². The van der Waals surface area contributed by atoms with Gasteiger partial charge in [0.2, 0.25) is 0 Å². The smallest absolute Gasteiger partial charge is 0.119 e. The second-order valence-electron chi connectivity index (χ2n) is 4.31. The Labute approximate surface area is 114 Å². The second kappa shape index (κ2) is 7.39. The topological polar surface area (TPSA) is 35.2 Å². The summed E-state index contributed by atoms with van der Waals surface area (Å²) in [6.07, 6.45) is 4.99. The number of hydrogen-bond donors (Lipinski definition) is 1. The summed E-state index contributed by atoms with van der Waals surface area (Å²) in [4.78, 5) is 0. The van der Waals surface area contributed by atoms with Crippen molar-refractivity contribution in [2.45, 2.75) is 6.42 Å². The first-order valence-corrected chi connectivity index (χ1v) is 6.52. The molecule has 2 rings (SSSR count). The van der Waals surface area contributed by atoms with E-state index in [-0.39, 0.29) is 0 Å². The van der Waals surface area contributed by atoms with Gasteiger partial charge in [0.1, 0.15) is 12.4 Å². The lowest BCUT2D eigenvalue weighted by Crippen LogP contribution is -2.02. The van der Waals surface area contributed by atoms with Crippen LogP contribution in [0.1, 0.15) is 11.1 Å². The fourth-order valence-corrected chi connectivity index (χ4v) is 1.81. The summed E-state index contributed by atoms with van der Waals surface area (Å²) in [5, 5.41) is 0. The molecule has 2 aromatic rings. The predicted octanol–water partition coefficient (Wildman–Crippen LogP) is 3.28. The van der Waals surface area contributed by atoms with Gasteiger partial charge in [-0.15, -0.1) is 0 Å². The fraction of sp³-hybridized carbons (Fsp3) is 0.176. The van der Waals surface area contributed by atoms with Crippen LogP contribution in [0.2, 0.25) is 0 Å². The van der Waals surface area contributed by atoms with Gasteiger partial charge in [0.05, 0.1) is 0 Å². The minimum Gasteiger partial charge on any atom is -0.490 e. The lowest BCUT2D eigenvalue weighted by atomic mass is 10.1. The lowest BCUT2D eigenvalue weighted by molar-refractivity contribution is 0.363. The van der Waals surface area contributed by atoms with Crippen molar-refractivity contribution in [1.29, 1.82) is 0 Å². The first-order valence-electron chi connectivity index (χ1n) is 6.52. The normalized spacial score (nSPS) is 10.8. The van der Waals surface area contributed by atoms with E-state index in [1.54, 1.807) is 0 Å². The summed E-state index contributed by atoms with van der Waals surface area (Å²) in [6.45, 7) is 1.26. The van der Waals surface area contributed by atoms with Gasteiger partial charge < -0.3 is 10.5 Å². The third-order valence-electron chi connectivity index (χ3n) is 2.81. The molecule has 0 saturated heterocycles. The Kier molecular flexibility index (Phi) is 5.20. The highest BCUT2D eigenvalue weighted by molar-refractivity contribution is 5.48. The molecule has 19 heavy (non-hydrogen) atoms. The van der Waals surface area contributed by atoms with Crippen LogP contribution in [0.3, 0.4) is 0 Å². The molecule has 0 amide bonds. The fourth-order valence-electron chi connectivity index (χ4n) is 1.81. The molecule has 0 radical (unpaired) electrons. The largest absolute Gasteiger partial charge is 0.490 e. The number of nitrogens with two attached hydrogens (primary N) is 1. The predicted molar refractivity (Wildman–Crippen MR) is 80.2 cm³/mol. The summed E-state index contributed by atoms with van der Waals surface area (Å²) >= 11 is 0. The summed E-state index contributed by atoms with van der Waals surface area (Å²) in [7, 11) is 0. The molecule has 0 spiro atoms. The van der Waals surface area contributed by atoms with Gasteiger partial charge >= 0.3 is 0 Å². The maximum atomic E-state index is 5.64. The maximum Gasteiger partial charge on any atom is 0.119 e. The first-order chi connectivity index (χ1) is 9.38. The Morgan fingerprint density at radius 2 is 1.68 bits per heavy atom. The van der Waals surface area contributed by atoms with Crippen LogP contribution in [0.25, 0.3) is 6.08 Å². The average Bonchev–Trinajstić information content (AvgIpc) is 2.47. The zero-order valence-corrected chi connectivity index (χ0v) is 11.0. The molecule has 2 heteroatoms. The van der Waals surface area contributed by atoms with E-state index in [0.29, 0.717) is 13.2 Å². The van der Waals surface area contributed by atoms with Gasteiger partial charge in [0.25, 0.3) is 0 Å². The van der Waals surface area contributed by atoms with Crippen molar-refractivity contribution in [2.75, 3.05) is 13.2 Å². The Balaban J connectivity index is 1.81. The molecule has 0 aliphatic heterocycles. The third-order valence-corrected chi connectivity index (χ3v) is 2.81. The van der Waals surface area contributed by atoms with E-state index in [1.807, 2.05) is 36.4 Å². The molecule has 2 aromatic carbocycles. The van der Waals surface area contributed by atoms with Crippen LogP contribution in [-0.2, 0) is 6.42 Å². The van der Waals surface area contributed by atoms with Crippen LogP contribution in [0.4, 0.5) is 0 Å². The van der Waals surface area contributed by atoms with E-state index in [2.05, 4.69) is 30.3 Å².